The van der Waals surface area contributed by atoms with E-state index in [2.05, 4.69) is 10.4 Å². The lowest BCUT2D eigenvalue weighted by atomic mass is 9.98. The second-order valence-corrected chi connectivity index (χ2v) is 12.5. The number of hydrogen-bond donors (Lipinski definition) is 2. The van der Waals surface area contributed by atoms with Crippen LogP contribution in [0.5, 0.6) is 0 Å². The van der Waals surface area contributed by atoms with Gasteiger partial charge >= 0.3 is 12.1 Å². The highest BCUT2D eigenvalue weighted by atomic mass is 19.4. The van der Waals surface area contributed by atoms with Crippen molar-refractivity contribution in [3.05, 3.63) is 34.5 Å². The summed E-state index contributed by atoms with van der Waals surface area (Å²) >= 11 is 0. The number of halogens is 3. The number of piperidine rings is 1. The first-order valence-electron chi connectivity index (χ1n) is 13.4. The van der Waals surface area contributed by atoms with Crippen LogP contribution in [0, 0.1) is 28.6 Å². The molecule has 228 valence electrons. The van der Waals surface area contributed by atoms with E-state index in [9.17, 15) is 37.6 Å². The monoisotopic (exact) mass is 593 g/mol. The Morgan fingerprint density at radius 3 is 2.40 bits per heavy atom. The third-order valence-electron chi connectivity index (χ3n) is 8.08. The molecule has 0 bridgehead atoms. The SMILES string of the molecule is C[C@@H](OC(C)(C)C)[C@H](NC(=O)C(F)(F)F)C(=O)N1C[C@H]2[C@@H]([C@H]1C(=O)NC(C#N)c1cnn3ccn(C)c(=O)c13)C2(C)C. The normalized spacial score (nSPS) is 23.5. The molecule has 1 aliphatic carbocycles. The average Bonchev–Trinajstić information content (AvgIpc) is 3.25. The molecule has 1 unspecified atom stereocenters. The Morgan fingerprint density at radius 1 is 1.19 bits per heavy atom. The maximum atomic E-state index is 13.8. The van der Waals surface area contributed by atoms with Gasteiger partial charge in [-0.15, -0.1) is 0 Å². The van der Waals surface area contributed by atoms with Gasteiger partial charge in [0.05, 0.1) is 24.0 Å². The lowest BCUT2D eigenvalue weighted by Gasteiger charge is -2.36. The molecule has 0 spiro atoms. The maximum absolute atomic E-state index is 13.8. The summed E-state index contributed by atoms with van der Waals surface area (Å²) < 4.78 is 47.9. The van der Waals surface area contributed by atoms with Gasteiger partial charge in [-0.25, -0.2) is 4.52 Å². The van der Waals surface area contributed by atoms with Gasteiger partial charge in [0, 0.05) is 31.5 Å². The number of carbonyl (C=O) groups is 3. The van der Waals surface area contributed by atoms with Crippen LogP contribution in [0.1, 0.15) is 53.1 Å². The number of amides is 3. The number of aromatic nitrogens is 3. The van der Waals surface area contributed by atoms with Crippen LogP contribution in [-0.2, 0) is 26.2 Å². The van der Waals surface area contributed by atoms with Crippen molar-refractivity contribution in [1.29, 1.82) is 5.26 Å². The number of alkyl halides is 3. The fourth-order valence-electron chi connectivity index (χ4n) is 5.95. The summed E-state index contributed by atoms with van der Waals surface area (Å²) in [6.45, 7) is 10.2. The van der Waals surface area contributed by atoms with E-state index in [4.69, 9.17) is 4.74 Å². The van der Waals surface area contributed by atoms with Gasteiger partial charge in [0.15, 0.2) is 0 Å². The zero-order valence-electron chi connectivity index (χ0n) is 24.3. The first-order chi connectivity index (χ1) is 19.3. The van der Waals surface area contributed by atoms with Crippen molar-refractivity contribution in [1.82, 2.24) is 29.7 Å². The lowest BCUT2D eigenvalue weighted by molar-refractivity contribution is -0.177. The van der Waals surface area contributed by atoms with Crippen LogP contribution in [0.2, 0.25) is 0 Å². The van der Waals surface area contributed by atoms with Gasteiger partial charge in [-0.2, -0.15) is 23.5 Å². The fourth-order valence-corrected chi connectivity index (χ4v) is 5.95. The van der Waals surface area contributed by atoms with Crippen LogP contribution >= 0.6 is 0 Å². The number of likely N-dealkylation sites (tertiary alicyclic amines) is 1. The van der Waals surface area contributed by atoms with Crippen LogP contribution in [0.3, 0.4) is 0 Å². The van der Waals surface area contributed by atoms with Crippen LogP contribution in [0.4, 0.5) is 13.2 Å². The van der Waals surface area contributed by atoms with Crippen molar-refractivity contribution in [3.63, 3.8) is 0 Å². The number of hydrogen-bond acceptors (Lipinski definition) is 7. The van der Waals surface area contributed by atoms with E-state index in [-0.39, 0.29) is 34.9 Å². The minimum atomic E-state index is -5.25. The van der Waals surface area contributed by atoms with Gasteiger partial charge in [0.1, 0.15) is 23.6 Å². The van der Waals surface area contributed by atoms with Crippen molar-refractivity contribution in [2.75, 3.05) is 6.54 Å². The molecule has 2 fully saturated rings. The maximum Gasteiger partial charge on any atom is 0.471 e. The van der Waals surface area contributed by atoms with E-state index in [0.717, 1.165) is 4.90 Å². The fraction of sp³-hybridized carbons (Fsp3) is 0.630. The summed E-state index contributed by atoms with van der Waals surface area (Å²) in [7, 11) is 1.52. The van der Waals surface area contributed by atoms with Crippen molar-refractivity contribution in [2.24, 2.45) is 24.3 Å². The lowest BCUT2D eigenvalue weighted by Crippen LogP contribution is -2.61. The summed E-state index contributed by atoms with van der Waals surface area (Å²) in [5.41, 5.74) is -1.44. The second-order valence-electron chi connectivity index (χ2n) is 12.5. The summed E-state index contributed by atoms with van der Waals surface area (Å²) in [6, 6.07) is -2.25. The van der Waals surface area contributed by atoms with E-state index >= 15 is 0 Å². The summed E-state index contributed by atoms with van der Waals surface area (Å²) in [6.07, 6.45) is -2.14. The third-order valence-corrected chi connectivity index (χ3v) is 8.08. The number of carbonyl (C=O) groups excluding carboxylic acids is 3. The highest BCUT2D eigenvalue weighted by Gasteiger charge is 2.69. The number of nitrogens with one attached hydrogen (secondary N) is 2. The van der Waals surface area contributed by atoms with Crippen molar-refractivity contribution < 1.29 is 32.3 Å². The Balaban J connectivity index is 1.65. The molecule has 12 nitrogen and oxygen atoms in total. The molecular formula is C27H34F3N7O5. The molecule has 3 heterocycles. The van der Waals surface area contributed by atoms with Crippen molar-refractivity contribution in [3.8, 4) is 6.07 Å². The molecule has 2 aromatic heterocycles. The molecule has 0 radical (unpaired) electrons. The molecule has 2 N–H and O–H groups in total. The van der Waals surface area contributed by atoms with Gasteiger partial charge in [-0.3, -0.25) is 19.2 Å². The molecule has 6 atom stereocenters. The summed E-state index contributed by atoms with van der Waals surface area (Å²) in [5, 5.41) is 18.4. The van der Waals surface area contributed by atoms with E-state index in [1.54, 1.807) is 26.1 Å². The minimum Gasteiger partial charge on any atom is -0.370 e. The van der Waals surface area contributed by atoms with Gasteiger partial charge in [0.2, 0.25) is 11.8 Å². The number of nitrogens with zero attached hydrogens (tertiary/aromatic N) is 5. The second kappa shape index (κ2) is 10.4. The molecule has 2 aromatic rings. The van der Waals surface area contributed by atoms with Crippen LogP contribution < -0.4 is 16.2 Å². The van der Waals surface area contributed by atoms with E-state index in [1.807, 2.05) is 19.9 Å². The quantitative estimate of drug-likeness (QED) is 0.493. The molecule has 0 aromatic carbocycles. The van der Waals surface area contributed by atoms with E-state index in [0.29, 0.717) is 0 Å². The predicted molar refractivity (Wildman–Crippen MR) is 141 cm³/mol. The Labute approximate surface area is 239 Å². The van der Waals surface area contributed by atoms with Gasteiger partial charge in [0.25, 0.3) is 5.56 Å². The molecular weight excluding hydrogens is 559 g/mol. The first kappa shape index (κ1) is 31.0. The molecule has 15 heteroatoms. The average molecular weight is 594 g/mol. The van der Waals surface area contributed by atoms with Crippen LogP contribution in [0.25, 0.3) is 5.52 Å². The molecule has 2 aliphatic rings. The van der Waals surface area contributed by atoms with Gasteiger partial charge in [-0.05, 0) is 44.9 Å². The topological polar surface area (TPSA) is 151 Å². The number of rotatable bonds is 7. The summed E-state index contributed by atoms with van der Waals surface area (Å²) in [5.74, 6) is -4.43. The standard InChI is InChI=1S/C27H34F3N7O5/c1-13(42-25(2,3)4)18(34-24(41)27(28,29)30)22(39)36-12-15-17(26(15,5)6)20(36)21(38)33-16(10-31)14-11-32-37-9-8-35(7)23(40)19(14)37/h8-9,11,13,15-18,20H,12H2,1-7H3,(H,33,38)(H,34,41)/t13-,15+,16?,17+,18+,20+/m1/s1. The number of ether oxygens (including phenoxy) is 1. The predicted octanol–water partition coefficient (Wildman–Crippen LogP) is 1.45. The van der Waals surface area contributed by atoms with Gasteiger partial charge < -0.3 is 24.8 Å². The largest absolute Gasteiger partial charge is 0.471 e. The third kappa shape index (κ3) is 5.59. The number of fused-ring (bicyclic) bond motifs is 2. The van der Waals surface area contributed by atoms with Crippen molar-refractivity contribution in [2.45, 2.75) is 77.5 Å². The smallest absolute Gasteiger partial charge is 0.370 e. The molecule has 4 rings (SSSR count). The number of nitriles is 1. The Bertz CT molecular complexity index is 1520. The summed E-state index contributed by atoms with van der Waals surface area (Å²) in [4.78, 5) is 53.4. The van der Waals surface area contributed by atoms with Gasteiger partial charge in [-0.1, -0.05) is 13.8 Å². The van der Waals surface area contributed by atoms with Crippen LogP contribution in [-0.4, -0.2) is 73.3 Å². The van der Waals surface area contributed by atoms with E-state index < -0.39 is 59.3 Å². The zero-order chi connectivity index (χ0) is 31.5. The highest BCUT2D eigenvalue weighted by molar-refractivity contribution is 5.95. The van der Waals surface area contributed by atoms with E-state index in [1.165, 1.54) is 41.6 Å². The molecule has 3 amide bonds. The molecule has 42 heavy (non-hydrogen) atoms. The minimum absolute atomic E-state index is 0.0592. The number of aryl methyl sites for hydroxylation is 1. The van der Waals surface area contributed by atoms with Crippen LogP contribution in [0.15, 0.2) is 23.4 Å². The Kier molecular flexibility index (Phi) is 7.69. The Morgan fingerprint density at radius 2 is 1.83 bits per heavy atom. The van der Waals surface area contributed by atoms with Crippen molar-refractivity contribution >= 4 is 23.2 Å². The molecule has 1 aliphatic heterocycles. The first-order valence-corrected chi connectivity index (χ1v) is 13.4. The molecule has 1 saturated carbocycles. The molecule has 1 saturated heterocycles. The highest BCUT2D eigenvalue weighted by Crippen LogP contribution is 2.65. The Hall–Kier alpha value is -3.93. The zero-order valence-corrected chi connectivity index (χ0v) is 24.3.